The van der Waals surface area contributed by atoms with Crippen LogP contribution in [0.3, 0.4) is 0 Å². The first-order valence-corrected chi connectivity index (χ1v) is 7.27. The second-order valence-corrected chi connectivity index (χ2v) is 5.51. The quantitative estimate of drug-likeness (QED) is 0.879. The molecule has 1 heterocycles. The molecule has 1 fully saturated rings. The summed E-state index contributed by atoms with van der Waals surface area (Å²) in [5.41, 5.74) is 0.624. The highest BCUT2D eigenvalue weighted by Gasteiger charge is 2.26. The van der Waals surface area contributed by atoms with E-state index in [1.54, 1.807) is 6.07 Å². The van der Waals surface area contributed by atoms with Gasteiger partial charge in [-0.15, -0.1) is 0 Å². The van der Waals surface area contributed by atoms with Crippen LogP contribution in [0.1, 0.15) is 43.8 Å². The molecule has 1 aromatic rings. The monoisotopic (exact) mass is 303 g/mol. The van der Waals surface area contributed by atoms with E-state index in [4.69, 9.17) is 0 Å². The molecule has 1 aliphatic rings. The fourth-order valence-corrected chi connectivity index (χ4v) is 2.63. The van der Waals surface area contributed by atoms with Gasteiger partial charge in [-0.3, -0.25) is 9.48 Å². The van der Waals surface area contributed by atoms with E-state index in [9.17, 15) is 18.0 Å². The second-order valence-electron chi connectivity index (χ2n) is 5.51. The largest absolute Gasteiger partial charge is 0.401 e. The summed E-state index contributed by atoms with van der Waals surface area (Å²) in [5.74, 6) is -0.284. The van der Waals surface area contributed by atoms with Gasteiger partial charge in [-0.25, -0.2) is 0 Å². The molecule has 0 saturated heterocycles. The summed E-state index contributed by atoms with van der Waals surface area (Å²) in [7, 11) is 0. The molecule has 0 spiro atoms. The topological polar surface area (TPSA) is 46.9 Å². The Kier molecular flexibility index (Phi) is 5.39. The van der Waals surface area contributed by atoms with Crippen molar-refractivity contribution >= 4 is 5.78 Å². The molecule has 1 saturated carbocycles. The summed E-state index contributed by atoms with van der Waals surface area (Å²) in [6.07, 6.45) is 3.49. The van der Waals surface area contributed by atoms with Crippen LogP contribution in [0.4, 0.5) is 13.2 Å². The highest BCUT2D eigenvalue weighted by atomic mass is 19.4. The third-order valence-electron chi connectivity index (χ3n) is 3.64. The zero-order valence-electron chi connectivity index (χ0n) is 11.8. The maximum absolute atomic E-state index is 12.0. The molecule has 0 atom stereocenters. The van der Waals surface area contributed by atoms with Gasteiger partial charge in [0.2, 0.25) is 0 Å². The van der Waals surface area contributed by atoms with Gasteiger partial charge < -0.3 is 5.32 Å². The van der Waals surface area contributed by atoms with Gasteiger partial charge in [0, 0.05) is 6.20 Å². The molecule has 118 valence electrons. The normalized spacial score (nSPS) is 17.1. The van der Waals surface area contributed by atoms with E-state index < -0.39 is 12.7 Å². The Hall–Kier alpha value is -1.37. The number of nitrogens with zero attached hydrogens (tertiary/aromatic N) is 2. The number of Topliss-reactive ketones (excluding diaryl/α,β-unsaturated/α-hetero) is 1. The van der Waals surface area contributed by atoms with Gasteiger partial charge in [0.05, 0.1) is 31.2 Å². The van der Waals surface area contributed by atoms with Crippen LogP contribution < -0.4 is 5.32 Å². The SMILES string of the molecule is O=C(CNCC(F)(F)F)Cc1ccn(C2CCCCC2)n1. The van der Waals surface area contributed by atoms with Crippen LogP contribution >= 0.6 is 0 Å². The lowest BCUT2D eigenvalue weighted by Crippen LogP contribution is -2.33. The number of hydrogen-bond acceptors (Lipinski definition) is 3. The van der Waals surface area contributed by atoms with Crippen molar-refractivity contribution in [2.45, 2.75) is 50.7 Å². The van der Waals surface area contributed by atoms with Crippen LogP contribution in [0, 0.1) is 0 Å². The number of halogens is 3. The molecule has 0 radical (unpaired) electrons. The van der Waals surface area contributed by atoms with E-state index in [0.717, 1.165) is 12.8 Å². The summed E-state index contributed by atoms with van der Waals surface area (Å²) in [6, 6.07) is 2.17. The van der Waals surface area contributed by atoms with Crippen LogP contribution in [-0.2, 0) is 11.2 Å². The number of carbonyl (C=O) groups excluding carboxylic acids is 1. The second kappa shape index (κ2) is 7.06. The Bertz CT molecular complexity index is 464. The van der Waals surface area contributed by atoms with Crippen molar-refractivity contribution in [1.82, 2.24) is 15.1 Å². The molecule has 0 aromatic carbocycles. The van der Waals surface area contributed by atoms with Gasteiger partial charge in [0.1, 0.15) is 0 Å². The van der Waals surface area contributed by atoms with Crippen molar-refractivity contribution in [3.05, 3.63) is 18.0 Å². The van der Waals surface area contributed by atoms with Crippen LogP contribution in [0.5, 0.6) is 0 Å². The van der Waals surface area contributed by atoms with Crippen molar-refractivity contribution in [2.75, 3.05) is 13.1 Å². The van der Waals surface area contributed by atoms with E-state index >= 15 is 0 Å². The zero-order chi connectivity index (χ0) is 15.3. The fourth-order valence-electron chi connectivity index (χ4n) is 2.63. The van der Waals surface area contributed by atoms with Crippen LogP contribution in [0.25, 0.3) is 0 Å². The first kappa shape index (κ1) is 16.0. The fraction of sp³-hybridized carbons (Fsp3) is 0.714. The average Bonchev–Trinajstić information content (AvgIpc) is 2.86. The van der Waals surface area contributed by atoms with Crippen LogP contribution in [0.2, 0.25) is 0 Å². The Balaban J connectivity index is 1.77. The predicted octanol–water partition coefficient (Wildman–Crippen LogP) is 2.65. The highest BCUT2D eigenvalue weighted by Crippen LogP contribution is 2.27. The summed E-state index contributed by atoms with van der Waals surface area (Å²) in [5, 5.41) is 6.48. The number of nitrogens with one attached hydrogen (secondary N) is 1. The van der Waals surface area contributed by atoms with Gasteiger partial charge in [-0.1, -0.05) is 19.3 Å². The molecule has 1 N–H and O–H groups in total. The molecule has 1 aliphatic carbocycles. The molecular formula is C14H20F3N3O. The third-order valence-corrected chi connectivity index (χ3v) is 3.64. The standard InChI is InChI=1S/C14H20F3N3O/c15-14(16,17)10-18-9-13(21)8-11-6-7-20(19-11)12-4-2-1-3-5-12/h6-7,12,18H,1-5,8-10H2. The number of carbonyl (C=O) groups is 1. The van der Waals surface area contributed by atoms with E-state index in [1.165, 1.54) is 19.3 Å². The maximum atomic E-state index is 12.0. The predicted molar refractivity (Wildman–Crippen MR) is 72.0 cm³/mol. The molecule has 7 heteroatoms. The van der Waals surface area contributed by atoms with Gasteiger partial charge in [-0.2, -0.15) is 18.3 Å². The molecule has 2 rings (SSSR count). The van der Waals surface area contributed by atoms with E-state index in [1.807, 2.05) is 10.9 Å². The van der Waals surface area contributed by atoms with Crippen molar-refractivity contribution in [3.63, 3.8) is 0 Å². The number of aromatic nitrogens is 2. The van der Waals surface area contributed by atoms with Gasteiger partial charge in [-0.05, 0) is 18.9 Å². The van der Waals surface area contributed by atoms with E-state index in [-0.39, 0.29) is 18.7 Å². The molecule has 0 amide bonds. The Morgan fingerprint density at radius 1 is 1.33 bits per heavy atom. The van der Waals surface area contributed by atoms with Crippen molar-refractivity contribution in [2.24, 2.45) is 0 Å². The average molecular weight is 303 g/mol. The summed E-state index contributed by atoms with van der Waals surface area (Å²) < 4.78 is 37.8. The first-order chi connectivity index (χ1) is 9.94. The van der Waals surface area contributed by atoms with Gasteiger partial charge in [0.15, 0.2) is 5.78 Å². The first-order valence-electron chi connectivity index (χ1n) is 7.27. The smallest absolute Gasteiger partial charge is 0.302 e. The lowest BCUT2D eigenvalue weighted by molar-refractivity contribution is -0.127. The van der Waals surface area contributed by atoms with Crippen LogP contribution in [-0.4, -0.2) is 34.8 Å². The molecule has 4 nitrogen and oxygen atoms in total. The van der Waals surface area contributed by atoms with Crippen molar-refractivity contribution in [1.29, 1.82) is 0 Å². The Morgan fingerprint density at radius 2 is 2.05 bits per heavy atom. The summed E-state index contributed by atoms with van der Waals surface area (Å²) in [4.78, 5) is 11.6. The minimum absolute atomic E-state index is 0.0740. The molecular weight excluding hydrogens is 283 g/mol. The summed E-state index contributed by atoms with van der Waals surface area (Å²) in [6.45, 7) is -1.43. The molecule has 21 heavy (non-hydrogen) atoms. The van der Waals surface area contributed by atoms with Gasteiger partial charge in [0.25, 0.3) is 0 Å². The van der Waals surface area contributed by atoms with Crippen molar-refractivity contribution < 1.29 is 18.0 Å². The third kappa shape index (κ3) is 5.49. The van der Waals surface area contributed by atoms with Gasteiger partial charge >= 0.3 is 6.18 Å². The lowest BCUT2D eigenvalue weighted by Gasteiger charge is -2.21. The molecule has 0 unspecified atom stereocenters. The Morgan fingerprint density at radius 3 is 2.71 bits per heavy atom. The minimum atomic E-state index is -4.29. The number of alkyl halides is 3. The van der Waals surface area contributed by atoms with Crippen LogP contribution in [0.15, 0.2) is 12.3 Å². The number of ketones is 1. The molecule has 0 bridgehead atoms. The summed E-state index contributed by atoms with van der Waals surface area (Å²) >= 11 is 0. The molecule has 1 aromatic heterocycles. The highest BCUT2D eigenvalue weighted by molar-refractivity contribution is 5.82. The zero-order valence-corrected chi connectivity index (χ0v) is 11.8. The van der Waals surface area contributed by atoms with E-state index in [0.29, 0.717) is 11.7 Å². The van der Waals surface area contributed by atoms with E-state index in [2.05, 4.69) is 10.4 Å². The minimum Gasteiger partial charge on any atom is -0.302 e. The number of rotatable bonds is 6. The van der Waals surface area contributed by atoms with Crippen molar-refractivity contribution in [3.8, 4) is 0 Å². The Labute approximate surface area is 121 Å². The molecule has 0 aliphatic heterocycles. The lowest BCUT2D eigenvalue weighted by atomic mass is 9.96. The maximum Gasteiger partial charge on any atom is 0.401 e. The number of hydrogen-bond donors (Lipinski definition) is 1.